The Labute approximate surface area is 172 Å². The van der Waals surface area contributed by atoms with E-state index in [1.54, 1.807) is 14.7 Å². The maximum atomic E-state index is 12.6. The summed E-state index contributed by atoms with van der Waals surface area (Å²) in [5.41, 5.74) is 2.29. The van der Waals surface area contributed by atoms with Gasteiger partial charge in [-0.25, -0.2) is 0 Å². The van der Waals surface area contributed by atoms with Crippen LogP contribution in [0.2, 0.25) is 0 Å². The van der Waals surface area contributed by atoms with Gasteiger partial charge in [0.25, 0.3) is 0 Å². The van der Waals surface area contributed by atoms with Crippen LogP contribution in [-0.2, 0) is 32.0 Å². The van der Waals surface area contributed by atoms with Gasteiger partial charge in [0, 0.05) is 39.3 Å². The summed E-state index contributed by atoms with van der Waals surface area (Å²) < 4.78 is 5.22. The zero-order valence-electron chi connectivity index (χ0n) is 17.4. The van der Waals surface area contributed by atoms with Gasteiger partial charge < -0.3 is 19.4 Å². The fraction of sp³-hybridized carbons (Fsp3) is 0.591. The van der Waals surface area contributed by atoms with Crippen LogP contribution < -0.4 is 0 Å². The van der Waals surface area contributed by atoms with Crippen LogP contribution in [0.15, 0.2) is 24.3 Å². The van der Waals surface area contributed by atoms with E-state index < -0.39 is 11.8 Å². The largest absolute Gasteiger partial charge is 0.378 e. The molecule has 2 aliphatic heterocycles. The topological polar surface area (TPSA) is 70.2 Å². The summed E-state index contributed by atoms with van der Waals surface area (Å²) in [7, 11) is 0. The van der Waals surface area contributed by atoms with Gasteiger partial charge >= 0.3 is 11.8 Å². The van der Waals surface area contributed by atoms with Crippen molar-refractivity contribution in [1.82, 2.24) is 14.7 Å². The molecule has 0 saturated carbocycles. The molecule has 2 fully saturated rings. The summed E-state index contributed by atoms with van der Waals surface area (Å²) >= 11 is 0. The molecule has 2 aliphatic rings. The number of carbonyl (C=O) groups is 3. The monoisotopic (exact) mass is 401 g/mol. The predicted octanol–water partition coefficient (Wildman–Crippen LogP) is 0.957. The highest BCUT2D eigenvalue weighted by Gasteiger charge is 2.31. The van der Waals surface area contributed by atoms with Gasteiger partial charge in [0.15, 0.2) is 0 Å². The van der Waals surface area contributed by atoms with Crippen LogP contribution in [0.3, 0.4) is 0 Å². The Hall–Kier alpha value is -2.41. The minimum absolute atomic E-state index is 0.0632. The van der Waals surface area contributed by atoms with Crippen LogP contribution in [0.5, 0.6) is 0 Å². The van der Waals surface area contributed by atoms with Gasteiger partial charge in [-0.2, -0.15) is 0 Å². The quantitative estimate of drug-likeness (QED) is 0.705. The maximum Gasteiger partial charge on any atom is 0.312 e. The van der Waals surface area contributed by atoms with Crippen molar-refractivity contribution >= 4 is 17.7 Å². The normalized spacial score (nSPS) is 17.6. The van der Waals surface area contributed by atoms with Crippen LogP contribution in [0.25, 0.3) is 0 Å². The highest BCUT2D eigenvalue weighted by atomic mass is 16.5. The minimum atomic E-state index is -0.472. The lowest BCUT2D eigenvalue weighted by Gasteiger charge is -2.36. The molecule has 0 unspecified atom stereocenters. The summed E-state index contributed by atoms with van der Waals surface area (Å²) in [6.07, 6.45) is 1.40. The average Bonchev–Trinajstić information content (AvgIpc) is 2.74. The summed E-state index contributed by atoms with van der Waals surface area (Å²) in [4.78, 5) is 42.3. The van der Waals surface area contributed by atoms with E-state index in [-0.39, 0.29) is 5.91 Å². The Morgan fingerprint density at radius 3 is 1.83 bits per heavy atom. The molecule has 3 amide bonds. The first-order valence-corrected chi connectivity index (χ1v) is 10.5. The number of amides is 3. The van der Waals surface area contributed by atoms with Crippen LogP contribution in [0.1, 0.15) is 25.0 Å². The Kier molecular flexibility index (Phi) is 7.25. The molecule has 1 aromatic carbocycles. The van der Waals surface area contributed by atoms with Crippen molar-refractivity contribution in [2.75, 3.05) is 52.5 Å². The van der Waals surface area contributed by atoms with Gasteiger partial charge in [0.2, 0.25) is 5.91 Å². The van der Waals surface area contributed by atoms with E-state index in [1.807, 2.05) is 12.1 Å². The smallest absolute Gasteiger partial charge is 0.312 e. The summed E-state index contributed by atoms with van der Waals surface area (Å²) in [6, 6.07) is 8.24. The maximum absolute atomic E-state index is 12.6. The number of carbonyl (C=O) groups excluding carboxylic acids is 3. The van der Waals surface area contributed by atoms with Crippen molar-refractivity contribution < 1.29 is 19.1 Å². The van der Waals surface area contributed by atoms with Gasteiger partial charge in [0.1, 0.15) is 0 Å². The van der Waals surface area contributed by atoms with E-state index in [2.05, 4.69) is 26.0 Å². The molecule has 0 spiro atoms. The molecular weight excluding hydrogens is 370 g/mol. The number of nitrogens with zero attached hydrogens (tertiary/aromatic N) is 3. The molecule has 7 heteroatoms. The van der Waals surface area contributed by atoms with Gasteiger partial charge in [-0.3, -0.25) is 14.4 Å². The number of benzene rings is 1. The Morgan fingerprint density at radius 2 is 1.28 bits per heavy atom. The first-order valence-electron chi connectivity index (χ1n) is 10.5. The van der Waals surface area contributed by atoms with Crippen LogP contribution >= 0.6 is 0 Å². The van der Waals surface area contributed by atoms with Crippen molar-refractivity contribution in [3.63, 3.8) is 0 Å². The second-order valence-electron chi connectivity index (χ2n) is 8.17. The molecule has 2 heterocycles. The Morgan fingerprint density at radius 1 is 0.793 bits per heavy atom. The van der Waals surface area contributed by atoms with E-state index in [0.717, 1.165) is 12.0 Å². The van der Waals surface area contributed by atoms with E-state index in [0.29, 0.717) is 64.8 Å². The van der Waals surface area contributed by atoms with Crippen molar-refractivity contribution in [1.29, 1.82) is 0 Å². The molecular formula is C22H31N3O4. The molecule has 0 bridgehead atoms. The zero-order chi connectivity index (χ0) is 20.8. The van der Waals surface area contributed by atoms with Gasteiger partial charge in [-0.15, -0.1) is 0 Å². The van der Waals surface area contributed by atoms with Gasteiger partial charge in [-0.05, 0) is 23.5 Å². The van der Waals surface area contributed by atoms with Crippen molar-refractivity contribution in [3.05, 3.63) is 35.4 Å². The molecule has 7 nitrogen and oxygen atoms in total. The fourth-order valence-electron chi connectivity index (χ4n) is 3.75. The third-order valence-corrected chi connectivity index (χ3v) is 5.42. The second kappa shape index (κ2) is 9.87. The number of piperazine rings is 1. The third-order valence-electron chi connectivity index (χ3n) is 5.42. The van der Waals surface area contributed by atoms with Crippen LogP contribution in [0.4, 0.5) is 0 Å². The Balaban J connectivity index is 1.46. The summed E-state index contributed by atoms with van der Waals surface area (Å²) in [6.45, 7) is 7.96. The summed E-state index contributed by atoms with van der Waals surface area (Å²) in [5.74, 6) is -0.265. The van der Waals surface area contributed by atoms with Crippen LogP contribution in [0, 0.1) is 5.92 Å². The fourth-order valence-corrected chi connectivity index (χ4v) is 3.75. The highest BCUT2D eigenvalue weighted by Crippen LogP contribution is 2.12. The predicted molar refractivity (Wildman–Crippen MR) is 109 cm³/mol. The van der Waals surface area contributed by atoms with Crippen LogP contribution in [-0.4, -0.2) is 84.9 Å². The molecule has 0 aromatic heterocycles. The minimum Gasteiger partial charge on any atom is -0.378 e. The number of rotatable bonds is 4. The molecule has 0 N–H and O–H groups in total. The van der Waals surface area contributed by atoms with Gasteiger partial charge in [-0.1, -0.05) is 38.1 Å². The SMILES string of the molecule is CC(C)Cc1ccc(CC(=O)N2CCN(C(=O)C(=O)N3CCOCC3)CC2)cc1. The first-order chi connectivity index (χ1) is 13.9. The van der Waals surface area contributed by atoms with Crippen molar-refractivity contribution in [2.45, 2.75) is 26.7 Å². The van der Waals surface area contributed by atoms with E-state index in [4.69, 9.17) is 4.74 Å². The van der Waals surface area contributed by atoms with E-state index in [9.17, 15) is 14.4 Å². The molecule has 158 valence electrons. The molecule has 0 radical (unpaired) electrons. The first kappa shape index (κ1) is 21.3. The molecule has 1 aromatic rings. The lowest BCUT2D eigenvalue weighted by Crippen LogP contribution is -2.55. The second-order valence-corrected chi connectivity index (χ2v) is 8.17. The molecule has 29 heavy (non-hydrogen) atoms. The van der Waals surface area contributed by atoms with Crippen molar-refractivity contribution in [2.24, 2.45) is 5.92 Å². The molecule has 0 atom stereocenters. The Bertz CT molecular complexity index is 718. The standard InChI is InChI=1S/C22H31N3O4/c1-17(2)15-18-3-5-19(6-4-18)16-20(26)23-7-9-24(10-8-23)21(27)22(28)25-11-13-29-14-12-25/h3-6,17H,7-16H2,1-2H3. The van der Waals surface area contributed by atoms with E-state index in [1.165, 1.54) is 5.56 Å². The molecule has 2 saturated heterocycles. The van der Waals surface area contributed by atoms with Crippen molar-refractivity contribution in [3.8, 4) is 0 Å². The number of hydrogen-bond acceptors (Lipinski definition) is 4. The summed E-state index contributed by atoms with van der Waals surface area (Å²) in [5, 5.41) is 0. The lowest BCUT2D eigenvalue weighted by atomic mass is 10.0. The highest BCUT2D eigenvalue weighted by molar-refractivity contribution is 6.34. The van der Waals surface area contributed by atoms with Gasteiger partial charge in [0.05, 0.1) is 19.6 Å². The average molecular weight is 402 g/mol. The van der Waals surface area contributed by atoms with E-state index >= 15 is 0 Å². The third kappa shape index (κ3) is 5.79. The number of ether oxygens (including phenoxy) is 1. The molecule has 0 aliphatic carbocycles. The number of hydrogen-bond donors (Lipinski definition) is 0. The molecule has 3 rings (SSSR count). The lowest BCUT2D eigenvalue weighted by molar-refractivity contribution is -0.155. The number of morpholine rings is 1. The zero-order valence-corrected chi connectivity index (χ0v) is 17.4.